The summed E-state index contributed by atoms with van der Waals surface area (Å²) in [5.74, 6) is 1.44. The van der Waals surface area contributed by atoms with Crippen molar-refractivity contribution >= 4 is 28.1 Å². The number of benzene rings is 1. The van der Waals surface area contributed by atoms with E-state index in [2.05, 4.69) is 10.2 Å². The standard InChI is InChI=1S/C15H14N4O2S2/c1-10-3-5-12(6-4-10)14-16-17-15(18(14)2)23-9-11-7-13(19(20)21)22-8-11/h3-8H,9H2,1-2H3. The second-order valence-corrected chi connectivity index (χ2v) is 6.90. The zero-order valence-electron chi connectivity index (χ0n) is 12.6. The maximum atomic E-state index is 10.7. The topological polar surface area (TPSA) is 73.8 Å². The van der Waals surface area contributed by atoms with Gasteiger partial charge in [-0.05, 0) is 12.5 Å². The van der Waals surface area contributed by atoms with E-state index in [4.69, 9.17) is 0 Å². The summed E-state index contributed by atoms with van der Waals surface area (Å²) < 4.78 is 1.94. The summed E-state index contributed by atoms with van der Waals surface area (Å²) in [5, 5.41) is 21.9. The molecule has 0 aliphatic heterocycles. The van der Waals surface area contributed by atoms with Gasteiger partial charge in [0.1, 0.15) is 0 Å². The Morgan fingerprint density at radius 1 is 1.30 bits per heavy atom. The second-order valence-electron chi connectivity index (χ2n) is 5.07. The maximum absolute atomic E-state index is 10.7. The largest absolute Gasteiger partial charge is 0.324 e. The number of nitrogens with zero attached hydrogens (tertiary/aromatic N) is 4. The zero-order chi connectivity index (χ0) is 16.4. The highest BCUT2D eigenvalue weighted by molar-refractivity contribution is 7.98. The van der Waals surface area contributed by atoms with Crippen LogP contribution in [0.1, 0.15) is 11.1 Å². The van der Waals surface area contributed by atoms with Gasteiger partial charge < -0.3 is 4.57 Å². The summed E-state index contributed by atoms with van der Waals surface area (Å²) in [6.07, 6.45) is 0. The Bertz CT molecular complexity index is 840. The number of aryl methyl sites for hydroxylation is 1. The van der Waals surface area contributed by atoms with Crippen LogP contribution in [0, 0.1) is 17.0 Å². The van der Waals surface area contributed by atoms with Gasteiger partial charge in [0.2, 0.25) is 0 Å². The zero-order valence-corrected chi connectivity index (χ0v) is 14.2. The van der Waals surface area contributed by atoms with Crippen LogP contribution in [0.4, 0.5) is 5.00 Å². The van der Waals surface area contributed by atoms with Gasteiger partial charge in [0, 0.05) is 29.8 Å². The first-order valence-corrected chi connectivity index (χ1v) is 8.72. The molecule has 0 N–H and O–H groups in total. The summed E-state index contributed by atoms with van der Waals surface area (Å²) in [7, 11) is 1.92. The number of aromatic nitrogens is 3. The summed E-state index contributed by atoms with van der Waals surface area (Å²) in [4.78, 5) is 10.3. The van der Waals surface area contributed by atoms with Crippen molar-refractivity contribution in [3.8, 4) is 11.4 Å². The molecule has 0 aliphatic carbocycles. The first-order chi connectivity index (χ1) is 11.0. The molecule has 3 aromatic rings. The third-order valence-electron chi connectivity index (χ3n) is 3.33. The number of thioether (sulfide) groups is 1. The van der Waals surface area contributed by atoms with Gasteiger partial charge in [0.25, 0.3) is 0 Å². The molecular formula is C15H14N4O2S2. The quantitative estimate of drug-likeness (QED) is 0.396. The molecule has 3 rings (SSSR count). The summed E-state index contributed by atoms with van der Waals surface area (Å²) in [6, 6.07) is 9.74. The Morgan fingerprint density at radius 3 is 2.70 bits per heavy atom. The van der Waals surface area contributed by atoms with Crippen LogP contribution in [0.25, 0.3) is 11.4 Å². The number of rotatable bonds is 5. The van der Waals surface area contributed by atoms with E-state index in [9.17, 15) is 10.1 Å². The van der Waals surface area contributed by atoms with E-state index >= 15 is 0 Å². The average molecular weight is 346 g/mol. The highest BCUT2D eigenvalue weighted by atomic mass is 32.2. The van der Waals surface area contributed by atoms with E-state index in [1.54, 1.807) is 6.07 Å². The van der Waals surface area contributed by atoms with E-state index in [-0.39, 0.29) is 9.92 Å². The molecule has 2 aromatic heterocycles. The van der Waals surface area contributed by atoms with Crippen LogP contribution in [0.3, 0.4) is 0 Å². The first kappa shape index (κ1) is 15.7. The molecule has 1 aromatic carbocycles. The lowest BCUT2D eigenvalue weighted by atomic mass is 10.1. The first-order valence-electron chi connectivity index (χ1n) is 6.85. The van der Waals surface area contributed by atoms with Crippen molar-refractivity contribution in [2.24, 2.45) is 7.05 Å². The predicted octanol–water partition coefficient (Wildman–Crippen LogP) is 4.05. The lowest BCUT2D eigenvalue weighted by molar-refractivity contribution is -0.380. The fraction of sp³-hybridized carbons (Fsp3) is 0.200. The SMILES string of the molecule is Cc1ccc(-c2nnc(SCc3csc([N+](=O)[O-])c3)n2C)cc1. The van der Waals surface area contributed by atoms with Crippen molar-refractivity contribution in [3.05, 3.63) is 57.0 Å². The Kier molecular flexibility index (Phi) is 4.44. The molecule has 0 spiro atoms. The van der Waals surface area contributed by atoms with Crippen LogP contribution in [0.15, 0.2) is 40.9 Å². The van der Waals surface area contributed by atoms with Crippen molar-refractivity contribution in [3.63, 3.8) is 0 Å². The molecule has 6 nitrogen and oxygen atoms in total. The summed E-state index contributed by atoms with van der Waals surface area (Å²) in [5.41, 5.74) is 3.14. The summed E-state index contributed by atoms with van der Waals surface area (Å²) >= 11 is 2.66. The lowest BCUT2D eigenvalue weighted by Crippen LogP contribution is -1.95. The van der Waals surface area contributed by atoms with E-state index in [0.717, 1.165) is 33.4 Å². The molecule has 0 fully saturated rings. The molecule has 0 saturated heterocycles. The van der Waals surface area contributed by atoms with Gasteiger partial charge in [-0.3, -0.25) is 10.1 Å². The van der Waals surface area contributed by atoms with E-state index in [0.29, 0.717) is 5.75 Å². The molecule has 0 aliphatic rings. The molecule has 118 valence electrons. The number of hydrogen-bond acceptors (Lipinski definition) is 6. The Labute approximate surface area is 141 Å². The predicted molar refractivity (Wildman–Crippen MR) is 91.7 cm³/mol. The van der Waals surface area contributed by atoms with Crippen molar-refractivity contribution in [1.82, 2.24) is 14.8 Å². The van der Waals surface area contributed by atoms with Crippen LogP contribution in [-0.4, -0.2) is 19.7 Å². The van der Waals surface area contributed by atoms with Gasteiger partial charge in [0.05, 0.1) is 4.92 Å². The molecular weight excluding hydrogens is 332 g/mol. The lowest BCUT2D eigenvalue weighted by Gasteiger charge is -2.03. The van der Waals surface area contributed by atoms with Crippen LogP contribution >= 0.6 is 23.1 Å². The molecule has 0 unspecified atom stereocenters. The summed E-state index contributed by atoms with van der Waals surface area (Å²) in [6.45, 7) is 2.04. The van der Waals surface area contributed by atoms with Crippen molar-refractivity contribution < 1.29 is 4.92 Å². The highest BCUT2D eigenvalue weighted by Gasteiger charge is 2.13. The molecule has 0 atom stereocenters. The van der Waals surface area contributed by atoms with Crippen molar-refractivity contribution in [1.29, 1.82) is 0 Å². The second kappa shape index (κ2) is 6.51. The van der Waals surface area contributed by atoms with Gasteiger partial charge in [0.15, 0.2) is 11.0 Å². The van der Waals surface area contributed by atoms with Crippen molar-refractivity contribution in [2.45, 2.75) is 17.8 Å². The average Bonchev–Trinajstić information content (AvgIpc) is 3.13. The Morgan fingerprint density at radius 2 is 2.04 bits per heavy atom. The Hall–Kier alpha value is -2.19. The highest BCUT2D eigenvalue weighted by Crippen LogP contribution is 2.29. The minimum absolute atomic E-state index is 0.166. The molecule has 0 bridgehead atoms. The van der Waals surface area contributed by atoms with E-state index < -0.39 is 0 Å². The monoisotopic (exact) mass is 346 g/mol. The molecule has 0 saturated carbocycles. The van der Waals surface area contributed by atoms with Gasteiger partial charge in [-0.25, -0.2) is 0 Å². The van der Waals surface area contributed by atoms with Crippen molar-refractivity contribution in [2.75, 3.05) is 0 Å². The minimum atomic E-state index is -0.364. The number of thiophene rings is 1. The van der Waals surface area contributed by atoms with E-state index in [1.807, 2.05) is 48.2 Å². The van der Waals surface area contributed by atoms with E-state index in [1.165, 1.54) is 17.3 Å². The van der Waals surface area contributed by atoms with Gasteiger partial charge in [-0.2, -0.15) is 0 Å². The maximum Gasteiger partial charge on any atom is 0.324 e. The van der Waals surface area contributed by atoms with Gasteiger partial charge in [-0.15, -0.1) is 10.2 Å². The Balaban J connectivity index is 1.74. The minimum Gasteiger partial charge on any atom is -0.305 e. The normalized spacial score (nSPS) is 10.9. The van der Waals surface area contributed by atoms with Crippen LogP contribution in [-0.2, 0) is 12.8 Å². The molecule has 8 heteroatoms. The third kappa shape index (κ3) is 3.43. The van der Waals surface area contributed by atoms with Gasteiger partial charge >= 0.3 is 5.00 Å². The number of hydrogen-bond donors (Lipinski definition) is 0. The van der Waals surface area contributed by atoms with Crippen LogP contribution in [0.2, 0.25) is 0 Å². The smallest absolute Gasteiger partial charge is 0.305 e. The number of nitro groups is 1. The molecule has 0 radical (unpaired) electrons. The molecule has 0 amide bonds. The fourth-order valence-corrected chi connectivity index (χ4v) is 3.75. The fourth-order valence-electron chi connectivity index (χ4n) is 2.08. The third-order valence-corrected chi connectivity index (χ3v) is 5.35. The van der Waals surface area contributed by atoms with Gasteiger partial charge in [-0.1, -0.05) is 52.9 Å². The molecule has 23 heavy (non-hydrogen) atoms. The van der Waals surface area contributed by atoms with Crippen LogP contribution in [0.5, 0.6) is 0 Å². The van der Waals surface area contributed by atoms with Crippen LogP contribution < -0.4 is 0 Å². The molecule has 2 heterocycles.